The fraction of sp³-hybridized carbons (Fsp3) is 0.318. The van der Waals surface area contributed by atoms with Crippen molar-refractivity contribution in [2.24, 2.45) is 0 Å². The van der Waals surface area contributed by atoms with E-state index >= 15 is 0 Å². The topological polar surface area (TPSA) is 82.3 Å². The summed E-state index contributed by atoms with van der Waals surface area (Å²) in [6, 6.07) is 14.3. The van der Waals surface area contributed by atoms with E-state index in [-0.39, 0.29) is 37.5 Å². The molecule has 0 spiro atoms. The first-order chi connectivity index (χ1) is 15.5. The molecular weight excluding hydrogens is 479 g/mol. The number of anilines is 1. The van der Waals surface area contributed by atoms with Crippen LogP contribution in [0.4, 0.5) is 18.9 Å². The first kappa shape index (κ1) is 23.6. The number of aromatic nitrogens is 1. The van der Waals surface area contributed by atoms with Crippen LogP contribution in [-0.4, -0.2) is 42.3 Å². The van der Waals surface area contributed by atoms with Gasteiger partial charge in [-0.3, -0.25) is 4.79 Å². The minimum atomic E-state index is -5.33. The number of sulfonamides is 1. The van der Waals surface area contributed by atoms with Gasteiger partial charge >= 0.3 is 15.5 Å². The van der Waals surface area contributed by atoms with E-state index in [1.165, 1.54) is 6.07 Å². The molecule has 0 aliphatic carbocycles. The summed E-state index contributed by atoms with van der Waals surface area (Å²) >= 11 is 5.94. The lowest BCUT2D eigenvalue weighted by molar-refractivity contribution is -0.0494. The van der Waals surface area contributed by atoms with Crippen molar-refractivity contribution in [2.75, 3.05) is 18.4 Å². The number of rotatable bonds is 5. The Balaban J connectivity index is 1.54. The van der Waals surface area contributed by atoms with Gasteiger partial charge in [-0.25, -0.2) is 8.42 Å². The maximum Gasteiger partial charge on any atom is 0.511 e. The molecule has 3 aromatic rings. The predicted molar refractivity (Wildman–Crippen MR) is 122 cm³/mol. The summed E-state index contributed by atoms with van der Waals surface area (Å²) in [5.41, 5.74) is -2.36. The molecule has 2 heterocycles. The Morgan fingerprint density at radius 3 is 2.30 bits per heavy atom. The molecule has 0 bridgehead atoms. The van der Waals surface area contributed by atoms with Crippen molar-refractivity contribution in [2.45, 2.75) is 30.8 Å². The Hall–Kier alpha value is -2.56. The van der Waals surface area contributed by atoms with E-state index in [4.69, 9.17) is 11.6 Å². The Labute approximate surface area is 193 Å². The van der Waals surface area contributed by atoms with Crippen LogP contribution < -0.4 is 10.9 Å². The van der Waals surface area contributed by atoms with Gasteiger partial charge in [-0.05, 0) is 54.7 Å². The number of nitrogens with zero attached hydrogens (tertiary/aromatic N) is 1. The molecule has 0 amide bonds. The average molecular weight is 500 g/mol. The van der Waals surface area contributed by atoms with Crippen molar-refractivity contribution < 1.29 is 21.6 Å². The van der Waals surface area contributed by atoms with Crippen LogP contribution in [0, 0.1) is 0 Å². The average Bonchev–Trinajstić information content (AvgIpc) is 2.75. The number of piperidine rings is 1. The van der Waals surface area contributed by atoms with E-state index in [0.717, 1.165) is 16.5 Å². The van der Waals surface area contributed by atoms with Gasteiger partial charge in [0.15, 0.2) is 0 Å². The molecule has 2 aromatic carbocycles. The number of aromatic amines is 1. The Morgan fingerprint density at radius 1 is 1.03 bits per heavy atom. The van der Waals surface area contributed by atoms with Gasteiger partial charge in [0.1, 0.15) is 0 Å². The molecule has 0 atom stereocenters. The second-order valence-electron chi connectivity index (χ2n) is 8.00. The lowest BCUT2D eigenvalue weighted by Crippen LogP contribution is -2.47. The normalized spacial score (nSPS) is 16.2. The van der Waals surface area contributed by atoms with Gasteiger partial charge in [0, 0.05) is 41.3 Å². The van der Waals surface area contributed by atoms with Gasteiger partial charge in [0.25, 0.3) is 0 Å². The van der Waals surface area contributed by atoms with Gasteiger partial charge in [-0.2, -0.15) is 17.5 Å². The quantitative estimate of drug-likeness (QED) is 0.541. The van der Waals surface area contributed by atoms with Crippen LogP contribution in [0.15, 0.2) is 53.3 Å². The van der Waals surface area contributed by atoms with Crippen molar-refractivity contribution in [3.8, 4) is 0 Å². The van der Waals surface area contributed by atoms with Crippen LogP contribution >= 0.6 is 11.6 Å². The number of hydrogen-bond acceptors (Lipinski definition) is 4. The van der Waals surface area contributed by atoms with E-state index in [1.54, 1.807) is 0 Å². The standard InChI is InChI=1S/C22H21ClF3N3O3S/c23-16-4-1-14(2-5-16)11-15-3-6-19-18(12-15)20(13-21(30)28-19)27-17-7-9-29(10-8-17)33(31,32)22(24,25)26/h1-6,12-13,17H,7-11H2,(H2,27,28,30). The Morgan fingerprint density at radius 2 is 1.67 bits per heavy atom. The minimum Gasteiger partial charge on any atom is -0.382 e. The molecular formula is C22H21ClF3N3O3S. The van der Waals surface area contributed by atoms with Gasteiger partial charge < -0.3 is 10.3 Å². The summed E-state index contributed by atoms with van der Waals surface area (Å²) in [7, 11) is -5.33. The van der Waals surface area contributed by atoms with Crippen molar-refractivity contribution in [1.29, 1.82) is 0 Å². The largest absolute Gasteiger partial charge is 0.511 e. The molecule has 0 unspecified atom stereocenters. The monoisotopic (exact) mass is 499 g/mol. The molecule has 1 aliphatic heterocycles. The maximum absolute atomic E-state index is 12.8. The summed E-state index contributed by atoms with van der Waals surface area (Å²) in [4.78, 5) is 14.9. The van der Waals surface area contributed by atoms with Crippen molar-refractivity contribution >= 4 is 38.2 Å². The molecule has 11 heteroatoms. The van der Waals surface area contributed by atoms with E-state index in [2.05, 4.69) is 10.3 Å². The van der Waals surface area contributed by atoms with Crippen molar-refractivity contribution in [1.82, 2.24) is 9.29 Å². The lowest BCUT2D eigenvalue weighted by atomic mass is 10.0. The molecule has 33 heavy (non-hydrogen) atoms. The fourth-order valence-corrected chi connectivity index (χ4v) is 5.09. The second kappa shape index (κ2) is 9.00. The van der Waals surface area contributed by atoms with Crippen LogP contribution in [0.3, 0.4) is 0 Å². The molecule has 1 aliphatic rings. The van der Waals surface area contributed by atoms with Crippen LogP contribution in [-0.2, 0) is 16.4 Å². The number of halogens is 4. The van der Waals surface area contributed by atoms with Gasteiger partial charge in [-0.1, -0.05) is 29.8 Å². The Kier molecular flexibility index (Phi) is 6.43. The fourth-order valence-electron chi connectivity index (χ4n) is 3.98. The van der Waals surface area contributed by atoms with Gasteiger partial charge in [-0.15, -0.1) is 0 Å². The number of benzene rings is 2. The summed E-state index contributed by atoms with van der Waals surface area (Å²) < 4.78 is 62.1. The molecule has 4 rings (SSSR count). The predicted octanol–water partition coefficient (Wildman–Crippen LogP) is 4.50. The zero-order chi connectivity index (χ0) is 23.8. The summed E-state index contributed by atoms with van der Waals surface area (Å²) in [5, 5.41) is 4.65. The zero-order valence-electron chi connectivity index (χ0n) is 17.3. The van der Waals surface area contributed by atoms with Crippen LogP contribution in [0.5, 0.6) is 0 Å². The number of hydrogen-bond donors (Lipinski definition) is 2. The maximum atomic E-state index is 12.8. The van der Waals surface area contributed by atoms with Gasteiger partial charge in [0.2, 0.25) is 5.56 Å². The van der Waals surface area contributed by atoms with Crippen molar-refractivity contribution in [3.05, 3.63) is 75.0 Å². The number of alkyl halides is 3. The third-order valence-corrected chi connectivity index (χ3v) is 7.56. The highest BCUT2D eigenvalue weighted by Crippen LogP contribution is 2.30. The third kappa shape index (κ3) is 5.18. The lowest BCUT2D eigenvalue weighted by Gasteiger charge is -2.32. The van der Waals surface area contributed by atoms with E-state index < -0.39 is 15.5 Å². The zero-order valence-corrected chi connectivity index (χ0v) is 18.9. The van der Waals surface area contributed by atoms with Crippen LogP contribution in [0.1, 0.15) is 24.0 Å². The molecule has 1 aromatic heterocycles. The Bertz CT molecular complexity index is 1320. The van der Waals surface area contributed by atoms with Crippen molar-refractivity contribution in [3.63, 3.8) is 0 Å². The van der Waals surface area contributed by atoms with E-state index in [0.29, 0.717) is 27.0 Å². The SMILES string of the molecule is O=c1cc(NC2CCN(S(=O)(=O)C(F)(F)F)CC2)c2cc(Cc3ccc(Cl)cc3)ccc2[nH]1. The first-order valence-electron chi connectivity index (χ1n) is 10.3. The number of H-pyrrole nitrogens is 1. The second-order valence-corrected chi connectivity index (χ2v) is 10.4. The molecule has 1 saturated heterocycles. The van der Waals surface area contributed by atoms with E-state index in [9.17, 15) is 26.4 Å². The molecule has 1 fully saturated rings. The highest BCUT2D eigenvalue weighted by Gasteiger charge is 2.50. The molecule has 6 nitrogen and oxygen atoms in total. The van der Waals surface area contributed by atoms with Gasteiger partial charge in [0.05, 0.1) is 5.52 Å². The third-order valence-electron chi connectivity index (χ3n) is 5.67. The highest BCUT2D eigenvalue weighted by atomic mass is 35.5. The smallest absolute Gasteiger partial charge is 0.382 e. The minimum absolute atomic E-state index is 0.189. The molecule has 0 radical (unpaired) electrons. The molecule has 0 saturated carbocycles. The highest BCUT2D eigenvalue weighted by molar-refractivity contribution is 7.90. The first-order valence-corrected chi connectivity index (χ1v) is 12.1. The van der Waals surface area contributed by atoms with Crippen LogP contribution in [0.25, 0.3) is 10.9 Å². The molecule has 2 N–H and O–H groups in total. The number of nitrogens with one attached hydrogen (secondary N) is 2. The van der Waals surface area contributed by atoms with E-state index in [1.807, 2.05) is 42.5 Å². The number of fused-ring (bicyclic) bond motifs is 1. The number of pyridine rings is 1. The molecule has 176 valence electrons. The summed E-state index contributed by atoms with van der Waals surface area (Å²) in [5.74, 6) is 0. The van der Waals surface area contributed by atoms with Crippen LogP contribution in [0.2, 0.25) is 5.02 Å². The summed E-state index contributed by atoms with van der Waals surface area (Å²) in [6.07, 6.45) is 1.03. The summed E-state index contributed by atoms with van der Waals surface area (Å²) in [6.45, 7) is -0.495.